The molecule has 0 radical (unpaired) electrons. The molecule has 9 heteroatoms. The molecule has 0 aliphatic rings. The first kappa shape index (κ1) is 20.8. The summed E-state index contributed by atoms with van der Waals surface area (Å²) in [5.41, 5.74) is 1.56. The van der Waals surface area contributed by atoms with E-state index in [1.165, 1.54) is 18.5 Å². The second-order valence-electron chi connectivity index (χ2n) is 5.40. The van der Waals surface area contributed by atoms with Crippen LogP contribution in [0.3, 0.4) is 0 Å². The summed E-state index contributed by atoms with van der Waals surface area (Å²) in [6.45, 7) is 1.92. The minimum absolute atomic E-state index is 0.0696. The van der Waals surface area contributed by atoms with Gasteiger partial charge in [-0.15, -0.1) is 0 Å². The number of hydrogen-bond acceptors (Lipinski definition) is 5. The number of amides is 1. The van der Waals surface area contributed by atoms with E-state index in [0.717, 1.165) is 17.7 Å². The molecule has 3 aromatic rings. The van der Waals surface area contributed by atoms with E-state index < -0.39 is 23.1 Å². The SMILES string of the molecule is Cc1ccc(Cl)c(-c2cnc(NC(=O)c3c(F)cccc3F)cn2)c1.O=C=O. The molecule has 0 aliphatic carbocycles. The van der Waals surface area contributed by atoms with Crippen LogP contribution in [0.2, 0.25) is 5.02 Å². The summed E-state index contributed by atoms with van der Waals surface area (Å²) < 4.78 is 27.2. The first-order valence-corrected chi connectivity index (χ1v) is 8.08. The highest BCUT2D eigenvalue weighted by atomic mass is 35.5. The number of aryl methyl sites for hydroxylation is 1. The van der Waals surface area contributed by atoms with Crippen molar-refractivity contribution in [2.24, 2.45) is 0 Å². The number of hydrogen-bond donors (Lipinski definition) is 1. The molecule has 28 heavy (non-hydrogen) atoms. The standard InChI is InChI=1S/C18H12ClF2N3O.CO2/c1-10-5-6-12(19)11(7-10)15-8-23-16(9-22-15)24-18(25)17-13(20)3-2-4-14(17)21;2-1-3/h2-9H,1H3,(H,23,24,25);. The number of halogens is 3. The van der Waals surface area contributed by atoms with Gasteiger partial charge in [-0.3, -0.25) is 9.78 Å². The summed E-state index contributed by atoms with van der Waals surface area (Å²) >= 11 is 6.15. The second-order valence-corrected chi connectivity index (χ2v) is 5.81. The van der Waals surface area contributed by atoms with Gasteiger partial charge in [0.2, 0.25) is 0 Å². The zero-order valence-corrected chi connectivity index (χ0v) is 15.1. The first-order chi connectivity index (χ1) is 13.4. The normalized spacial score (nSPS) is 9.71. The van der Waals surface area contributed by atoms with Crippen LogP contribution >= 0.6 is 11.6 Å². The van der Waals surface area contributed by atoms with Crippen molar-refractivity contribution in [2.45, 2.75) is 6.92 Å². The maximum atomic E-state index is 13.6. The minimum Gasteiger partial charge on any atom is -0.305 e. The maximum Gasteiger partial charge on any atom is 0.373 e. The summed E-state index contributed by atoms with van der Waals surface area (Å²) in [5.74, 6) is -2.77. The fraction of sp³-hybridized carbons (Fsp3) is 0.0526. The van der Waals surface area contributed by atoms with Crippen molar-refractivity contribution in [3.05, 3.63) is 76.6 Å². The van der Waals surface area contributed by atoms with Crippen molar-refractivity contribution < 1.29 is 23.2 Å². The van der Waals surface area contributed by atoms with Gasteiger partial charge < -0.3 is 5.32 Å². The highest BCUT2D eigenvalue weighted by Crippen LogP contribution is 2.27. The molecule has 1 heterocycles. The van der Waals surface area contributed by atoms with Crippen molar-refractivity contribution in [1.29, 1.82) is 0 Å². The highest BCUT2D eigenvalue weighted by Gasteiger charge is 2.17. The number of carbonyl (C=O) groups excluding carboxylic acids is 3. The van der Waals surface area contributed by atoms with Gasteiger partial charge >= 0.3 is 6.15 Å². The van der Waals surface area contributed by atoms with Crippen LogP contribution < -0.4 is 5.32 Å². The molecule has 0 spiro atoms. The van der Waals surface area contributed by atoms with Crippen LogP contribution in [0.25, 0.3) is 11.3 Å². The van der Waals surface area contributed by atoms with Crippen molar-refractivity contribution in [1.82, 2.24) is 9.97 Å². The average molecular weight is 404 g/mol. The fourth-order valence-electron chi connectivity index (χ4n) is 2.26. The molecule has 6 nitrogen and oxygen atoms in total. The molecule has 0 fully saturated rings. The maximum absolute atomic E-state index is 13.6. The van der Waals surface area contributed by atoms with E-state index in [9.17, 15) is 13.6 Å². The lowest BCUT2D eigenvalue weighted by atomic mass is 10.1. The zero-order chi connectivity index (χ0) is 20.7. The third kappa shape index (κ3) is 5.03. The monoisotopic (exact) mass is 403 g/mol. The Labute approximate surface area is 163 Å². The Balaban J connectivity index is 0.000000878. The van der Waals surface area contributed by atoms with Crippen LogP contribution in [-0.4, -0.2) is 22.0 Å². The van der Waals surface area contributed by atoms with Gasteiger partial charge in [0.1, 0.15) is 17.2 Å². The number of aromatic nitrogens is 2. The molecule has 0 saturated carbocycles. The van der Waals surface area contributed by atoms with Crippen molar-refractivity contribution >= 4 is 29.5 Å². The quantitative estimate of drug-likeness (QED) is 0.712. The average Bonchev–Trinajstić information content (AvgIpc) is 2.65. The Morgan fingerprint density at radius 1 is 1.07 bits per heavy atom. The van der Waals surface area contributed by atoms with Crippen LogP contribution in [0, 0.1) is 18.6 Å². The van der Waals surface area contributed by atoms with E-state index >= 15 is 0 Å². The summed E-state index contributed by atoms with van der Waals surface area (Å²) in [4.78, 5) is 36.5. The van der Waals surface area contributed by atoms with E-state index in [2.05, 4.69) is 15.3 Å². The second kappa shape index (κ2) is 9.45. The van der Waals surface area contributed by atoms with Gasteiger partial charge in [0, 0.05) is 5.56 Å². The molecule has 0 bridgehead atoms. The summed E-state index contributed by atoms with van der Waals surface area (Å²) in [5, 5.41) is 2.84. The third-order valence-electron chi connectivity index (χ3n) is 3.48. The number of nitrogens with one attached hydrogen (secondary N) is 1. The molecular weight excluding hydrogens is 392 g/mol. The Bertz CT molecular complexity index is 1020. The predicted molar refractivity (Wildman–Crippen MR) is 96.5 cm³/mol. The van der Waals surface area contributed by atoms with Crippen molar-refractivity contribution in [3.63, 3.8) is 0 Å². The number of anilines is 1. The first-order valence-electron chi connectivity index (χ1n) is 7.70. The molecule has 1 N–H and O–H groups in total. The largest absolute Gasteiger partial charge is 0.373 e. The molecule has 0 aliphatic heterocycles. The van der Waals surface area contributed by atoms with E-state index in [0.29, 0.717) is 16.3 Å². The van der Waals surface area contributed by atoms with Gasteiger partial charge in [-0.2, -0.15) is 9.59 Å². The Morgan fingerprint density at radius 2 is 1.71 bits per heavy atom. The van der Waals surface area contributed by atoms with Crippen molar-refractivity contribution in [2.75, 3.05) is 5.32 Å². The summed E-state index contributed by atoms with van der Waals surface area (Å²) in [6, 6.07) is 8.68. The molecule has 1 aromatic heterocycles. The van der Waals surface area contributed by atoms with Gasteiger partial charge in [-0.1, -0.05) is 29.3 Å². The van der Waals surface area contributed by atoms with Gasteiger partial charge in [0.05, 0.1) is 23.1 Å². The van der Waals surface area contributed by atoms with Gasteiger partial charge in [-0.05, 0) is 31.2 Å². The molecule has 1 amide bonds. The number of carbonyl (C=O) groups is 1. The predicted octanol–water partition coefficient (Wildman–Crippen LogP) is 4.05. The van der Waals surface area contributed by atoms with E-state index in [4.69, 9.17) is 21.2 Å². The van der Waals surface area contributed by atoms with E-state index in [1.807, 2.05) is 19.1 Å². The molecule has 3 rings (SSSR count). The van der Waals surface area contributed by atoms with Gasteiger partial charge in [0.15, 0.2) is 5.82 Å². The van der Waals surface area contributed by atoms with Gasteiger partial charge in [0.25, 0.3) is 5.91 Å². The Hall–Kier alpha value is -3.48. The summed E-state index contributed by atoms with van der Waals surface area (Å²) in [7, 11) is 0. The zero-order valence-electron chi connectivity index (χ0n) is 14.4. The molecule has 0 unspecified atom stereocenters. The number of nitrogens with zero attached hydrogens (tertiary/aromatic N) is 2. The lowest BCUT2D eigenvalue weighted by Gasteiger charge is -2.08. The topological polar surface area (TPSA) is 89.0 Å². The third-order valence-corrected chi connectivity index (χ3v) is 3.81. The highest BCUT2D eigenvalue weighted by molar-refractivity contribution is 6.33. The number of rotatable bonds is 3. The smallest absolute Gasteiger partial charge is 0.305 e. The Morgan fingerprint density at radius 3 is 2.29 bits per heavy atom. The van der Waals surface area contributed by atoms with Crippen molar-refractivity contribution in [3.8, 4) is 11.3 Å². The molecule has 0 saturated heterocycles. The van der Waals surface area contributed by atoms with E-state index in [1.54, 1.807) is 6.07 Å². The van der Waals surface area contributed by atoms with Crippen LogP contribution in [-0.2, 0) is 9.59 Å². The number of benzene rings is 2. The molecular formula is C19H12ClF2N3O3. The minimum atomic E-state index is -0.950. The molecule has 0 atom stereocenters. The van der Waals surface area contributed by atoms with Crippen LogP contribution in [0.15, 0.2) is 48.8 Å². The van der Waals surface area contributed by atoms with Crippen LogP contribution in [0.4, 0.5) is 14.6 Å². The van der Waals surface area contributed by atoms with Gasteiger partial charge in [-0.25, -0.2) is 13.8 Å². The Kier molecular flexibility index (Phi) is 7.03. The molecule has 142 valence electrons. The lowest BCUT2D eigenvalue weighted by molar-refractivity contribution is -0.191. The van der Waals surface area contributed by atoms with Crippen LogP contribution in [0.1, 0.15) is 15.9 Å². The molecule has 2 aromatic carbocycles. The van der Waals surface area contributed by atoms with E-state index in [-0.39, 0.29) is 12.0 Å². The lowest BCUT2D eigenvalue weighted by Crippen LogP contribution is -2.16. The summed E-state index contributed by atoms with van der Waals surface area (Å²) in [6.07, 6.45) is 2.97. The fourth-order valence-corrected chi connectivity index (χ4v) is 2.47. The van der Waals surface area contributed by atoms with Crippen LogP contribution in [0.5, 0.6) is 0 Å².